The average Bonchev–Trinajstić information content (AvgIpc) is 3.00. The summed E-state index contributed by atoms with van der Waals surface area (Å²) in [4.78, 5) is 46.2. The normalized spacial score (nSPS) is 12.9. The van der Waals surface area contributed by atoms with Crippen molar-refractivity contribution < 1.29 is 24.2 Å². The standard InChI is InChI=1S/C37H42N4O5/c1-23(35(45)46-37(5,6)7)40-34(44)31(41-33(43)27-12-16-29(17-13-27)36(2,3)4)20-24-8-10-26(11-9-24)32-38-21-28(22-39-32)25-14-18-30(42)19-15-25/h8-19,21-23,31,42H,20H2,1-7H3,(H,40,44)(H,41,43)/p+1/t23-,31+/m1/s1. The molecule has 1 heterocycles. The summed E-state index contributed by atoms with van der Waals surface area (Å²) in [5.41, 5.74) is 4.13. The second-order valence-corrected chi connectivity index (χ2v) is 13.4. The van der Waals surface area contributed by atoms with Gasteiger partial charge in [0, 0.05) is 56.3 Å². The van der Waals surface area contributed by atoms with E-state index in [0.717, 1.165) is 27.8 Å². The van der Waals surface area contributed by atoms with Gasteiger partial charge in [-0.3, -0.25) is 9.59 Å². The van der Waals surface area contributed by atoms with E-state index >= 15 is 0 Å². The van der Waals surface area contributed by atoms with Gasteiger partial charge in [-0.05, 0) is 53.3 Å². The van der Waals surface area contributed by atoms with Crippen molar-refractivity contribution in [1.29, 1.82) is 0 Å². The van der Waals surface area contributed by atoms with Gasteiger partial charge in [0.25, 0.3) is 5.91 Å². The van der Waals surface area contributed by atoms with Crippen molar-refractivity contribution in [3.05, 3.63) is 102 Å². The number of hydrogen-bond acceptors (Lipinski definition) is 6. The van der Waals surface area contributed by atoms with Crippen LogP contribution in [0, 0.1) is 0 Å². The van der Waals surface area contributed by atoms with Gasteiger partial charge in [0.15, 0.2) is 17.5 Å². The first-order valence-corrected chi connectivity index (χ1v) is 15.3. The summed E-state index contributed by atoms with van der Waals surface area (Å²) in [7, 11) is 0. The van der Waals surface area contributed by atoms with Crippen molar-refractivity contribution in [3.8, 4) is 28.3 Å². The summed E-state index contributed by atoms with van der Waals surface area (Å²) in [5.74, 6) is -0.436. The van der Waals surface area contributed by atoms with Crippen LogP contribution in [0.15, 0.2) is 85.2 Å². The highest BCUT2D eigenvalue weighted by atomic mass is 16.6. The fourth-order valence-corrected chi connectivity index (χ4v) is 4.66. The number of rotatable bonds is 9. The van der Waals surface area contributed by atoms with E-state index < -0.39 is 23.6 Å². The van der Waals surface area contributed by atoms with Crippen LogP contribution < -0.4 is 10.6 Å². The minimum absolute atomic E-state index is 0.0623. The summed E-state index contributed by atoms with van der Waals surface area (Å²) in [5, 5.41) is 15.2. The zero-order valence-corrected chi connectivity index (χ0v) is 27.5. The average molecular weight is 624 g/mol. The van der Waals surface area contributed by atoms with Crippen LogP contribution in [0.3, 0.4) is 0 Å². The molecule has 0 bridgehead atoms. The highest BCUT2D eigenvalue weighted by Crippen LogP contribution is 2.24. The molecule has 46 heavy (non-hydrogen) atoms. The number of nitrogens with zero attached hydrogens (tertiary/aromatic N) is 2. The highest BCUT2D eigenvalue weighted by Gasteiger charge is 2.33. The molecule has 3 aromatic carbocycles. The van der Waals surface area contributed by atoms with Crippen LogP contribution in [-0.4, -0.2) is 55.3 Å². The molecule has 4 rings (SSSR count). The second kappa shape index (κ2) is 13.9. The maximum Gasteiger partial charge on any atom is 0.506 e. The molecule has 1 aromatic heterocycles. The van der Waals surface area contributed by atoms with E-state index in [1.165, 1.54) is 0 Å². The topological polar surface area (TPSA) is 135 Å². The molecule has 0 saturated heterocycles. The predicted molar refractivity (Wildman–Crippen MR) is 180 cm³/mol. The zero-order valence-electron chi connectivity index (χ0n) is 27.5. The van der Waals surface area contributed by atoms with Crippen molar-refractivity contribution >= 4 is 17.8 Å². The lowest BCUT2D eigenvalue weighted by molar-refractivity contribution is -0.123. The molecule has 0 aliphatic carbocycles. The number of esters is 1. The van der Waals surface area contributed by atoms with Gasteiger partial charge in [-0.25, -0.2) is 9.97 Å². The van der Waals surface area contributed by atoms with Crippen molar-refractivity contribution in [1.82, 2.24) is 20.6 Å². The number of ether oxygens (including phenoxy) is 1. The number of aromatic nitrogens is 2. The molecule has 0 radical (unpaired) electrons. The molecule has 4 N–H and O–H groups in total. The van der Waals surface area contributed by atoms with Crippen LogP contribution in [0.2, 0.25) is 0 Å². The summed E-state index contributed by atoms with van der Waals surface area (Å²) in [6.45, 7) is 13.3. The second-order valence-electron chi connectivity index (χ2n) is 13.4. The fourth-order valence-electron chi connectivity index (χ4n) is 4.66. The van der Waals surface area contributed by atoms with Crippen LogP contribution >= 0.6 is 0 Å². The number of phenols is 1. The van der Waals surface area contributed by atoms with Crippen molar-refractivity contribution in [2.75, 3.05) is 0 Å². The number of carbonyl (C=O) groups is 2. The number of hydrogen-bond donors (Lipinski definition) is 3. The Morgan fingerprint density at radius 3 is 1.91 bits per heavy atom. The first kappa shape index (κ1) is 33.8. The Kier molecular flexibility index (Phi) is 10.2. The van der Waals surface area contributed by atoms with Crippen LogP contribution in [0.1, 0.15) is 70.0 Å². The van der Waals surface area contributed by atoms with Gasteiger partial charge in [-0.15, -0.1) is 0 Å². The Bertz CT molecular complexity index is 1650. The van der Waals surface area contributed by atoms with E-state index in [1.54, 1.807) is 76.5 Å². The quantitative estimate of drug-likeness (QED) is 0.155. The van der Waals surface area contributed by atoms with Crippen LogP contribution in [0.25, 0.3) is 22.5 Å². The summed E-state index contributed by atoms with van der Waals surface area (Å²) >= 11 is 0. The molecule has 0 spiro atoms. The smallest absolute Gasteiger partial charge is 0.506 e. The fraction of sp³-hybridized carbons (Fsp3) is 0.324. The van der Waals surface area contributed by atoms with Crippen LogP contribution in [0.4, 0.5) is 0 Å². The summed E-state index contributed by atoms with van der Waals surface area (Å²) in [6, 6.07) is 19.9. The minimum Gasteiger partial charge on any atom is -0.508 e. The molecule has 0 fully saturated rings. The van der Waals surface area contributed by atoms with Crippen molar-refractivity contribution in [3.63, 3.8) is 0 Å². The van der Waals surface area contributed by atoms with Gasteiger partial charge in [-0.1, -0.05) is 69.3 Å². The van der Waals surface area contributed by atoms with Crippen LogP contribution in [0.5, 0.6) is 5.75 Å². The van der Waals surface area contributed by atoms with Gasteiger partial charge in [-0.2, -0.15) is 0 Å². The third kappa shape index (κ3) is 9.23. The van der Waals surface area contributed by atoms with E-state index in [0.29, 0.717) is 11.4 Å². The van der Waals surface area contributed by atoms with E-state index in [-0.39, 0.29) is 29.5 Å². The number of carbonyl (C=O) groups excluding carboxylic acids is 3. The Morgan fingerprint density at radius 1 is 0.804 bits per heavy atom. The van der Waals surface area contributed by atoms with Crippen LogP contribution in [-0.2, 0) is 21.4 Å². The Labute approximate surface area is 270 Å². The first-order chi connectivity index (χ1) is 21.6. The third-order valence-electron chi connectivity index (χ3n) is 7.28. The molecule has 2 amide bonds. The summed E-state index contributed by atoms with van der Waals surface area (Å²) in [6.07, 6.45) is 3.65. The molecule has 9 heteroatoms. The molecule has 2 atom stereocenters. The van der Waals surface area contributed by atoms with Gasteiger partial charge in [0.05, 0.1) is 0 Å². The highest BCUT2D eigenvalue weighted by molar-refractivity contribution is 5.98. The molecule has 0 aliphatic rings. The maximum absolute atomic E-state index is 13.5. The van der Waals surface area contributed by atoms with Crippen molar-refractivity contribution in [2.45, 2.75) is 78.0 Å². The Morgan fingerprint density at radius 2 is 1.37 bits per heavy atom. The minimum atomic E-state index is -0.939. The number of nitrogens with one attached hydrogen (secondary N) is 2. The first-order valence-electron chi connectivity index (χ1n) is 15.3. The number of benzene rings is 3. The van der Waals surface area contributed by atoms with Gasteiger partial charge in [0.2, 0.25) is 5.91 Å². The van der Waals surface area contributed by atoms with Gasteiger partial charge in [0.1, 0.15) is 11.8 Å². The molecule has 0 unspecified atom stereocenters. The van der Waals surface area contributed by atoms with Gasteiger partial charge < -0.3 is 25.3 Å². The van der Waals surface area contributed by atoms with Crippen molar-refractivity contribution in [2.24, 2.45) is 0 Å². The molecule has 4 aromatic rings. The lowest BCUT2D eigenvalue weighted by Crippen LogP contribution is -2.52. The SMILES string of the molecule is C[C@@H](NC(=O)[C@H](Cc1ccc(-c2ncc(-c3ccc(O)cc3)cn2)cc1)NC(=O)c1ccc(C(C)(C)C)cc1)C(=[OH+])OC(C)(C)C. The molecule has 0 saturated carbocycles. The zero-order chi connectivity index (χ0) is 33.6. The Balaban J connectivity index is 1.51. The molecule has 9 nitrogen and oxygen atoms in total. The molecule has 240 valence electrons. The molecular weight excluding hydrogens is 580 g/mol. The predicted octanol–water partition coefficient (Wildman–Crippen LogP) is 5.98. The van der Waals surface area contributed by atoms with Gasteiger partial charge >= 0.3 is 5.97 Å². The number of aromatic hydroxyl groups is 1. The lowest BCUT2D eigenvalue weighted by atomic mass is 9.86. The molecular formula is C37H43N4O5+. The van der Waals surface area contributed by atoms with E-state index in [9.17, 15) is 19.5 Å². The lowest BCUT2D eigenvalue weighted by Gasteiger charge is -2.22. The maximum atomic E-state index is 13.5. The third-order valence-corrected chi connectivity index (χ3v) is 7.28. The summed E-state index contributed by atoms with van der Waals surface area (Å²) < 4.78 is 5.53. The monoisotopic (exact) mass is 623 g/mol. The molecule has 0 aliphatic heterocycles. The van der Waals surface area contributed by atoms with E-state index in [1.807, 2.05) is 36.4 Å². The number of amides is 2. The largest absolute Gasteiger partial charge is 0.508 e. The number of phenolic OH excluding ortho intramolecular Hbond substituents is 1. The Hall–Kier alpha value is -5.05. The van der Waals surface area contributed by atoms with E-state index in [4.69, 9.17) is 4.74 Å². The van der Waals surface area contributed by atoms with E-state index in [2.05, 4.69) is 41.4 Å².